The molecule has 0 saturated carbocycles. The van der Waals surface area contributed by atoms with E-state index in [-0.39, 0.29) is 11.3 Å². The van der Waals surface area contributed by atoms with Crippen LogP contribution in [-0.4, -0.2) is 19.0 Å². The topological polar surface area (TPSA) is 41.1 Å². The lowest BCUT2D eigenvalue weighted by Crippen LogP contribution is -2.48. The first-order valence-corrected chi connectivity index (χ1v) is 8.50. The summed E-state index contributed by atoms with van der Waals surface area (Å²) in [6.07, 6.45) is 3.92. The van der Waals surface area contributed by atoms with E-state index in [1.807, 2.05) is 18.2 Å². The predicted octanol–water partition coefficient (Wildman–Crippen LogP) is 4.05. The number of hydrogen-bond acceptors (Lipinski definition) is 2. The maximum Gasteiger partial charge on any atom is 0.231 e. The quantitative estimate of drug-likeness (QED) is 0.741. The first kappa shape index (κ1) is 16.0. The van der Waals surface area contributed by atoms with Crippen LogP contribution in [0.1, 0.15) is 32.6 Å². The van der Waals surface area contributed by atoms with Crippen LogP contribution in [0.15, 0.2) is 18.2 Å². The van der Waals surface area contributed by atoms with Crippen LogP contribution in [0.5, 0.6) is 0 Å². The van der Waals surface area contributed by atoms with Gasteiger partial charge in [-0.2, -0.15) is 0 Å². The fourth-order valence-electron chi connectivity index (χ4n) is 2.81. The first-order chi connectivity index (χ1) is 9.57. The number of amides is 1. The molecule has 0 aromatic heterocycles. The maximum atomic E-state index is 12.7. The molecule has 110 valence electrons. The van der Waals surface area contributed by atoms with Crippen molar-refractivity contribution in [3.05, 3.63) is 26.8 Å². The Kier molecular flexibility index (Phi) is 5.69. The Morgan fingerprint density at radius 3 is 2.95 bits per heavy atom. The summed E-state index contributed by atoms with van der Waals surface area (Å²) < 4.78 is 1.06. The summed E-state index contributed by atoms with van der Waals surface area (Å²) in [5, 5.41) is 6.97. The minimum absolute atomic E-state index is 0.0923. The van der Waals surface area contributed by atoms with Crippen LogP contribution in [0.25, 0.3) is 0 Å². The van der Waals surface area contributed by atoms with Crippen molar-refractivity contribution in [3.63, 3.8) is 0 Å². The molecule has 0 spiro atoms. The summed E-state index contributed by atoms with van der Waals surface area (Å²) >= 11 is 8.41. The average Bonchev–Trinajstić information content (AvgIpc) is 2.43. The van der Waals surface area contributed by atoms with E-state index in [1.54, 1.807) is 0 Å². The van der Waals surface area contributed by atoms with Crippen molar-refractivity contribution in [3.8, 4) is 0 Å². The van der Waals surface area contributed by atoms with E-state index in [4.69, 9.17) is 11.6 Å². The molecule has 1 aliphatic rings. The largest absolute Gasteiger partial charge is 0.324 e. The zero-order valence-electron chi connectivity index (χ0n) is 11.6. The SMILES string of the molecule is CCCC1(C(=O)Nc2ccc(I)cc2Cl)CCCNC1. The molecule has 1 aromatic rings. The number of piperidine rings is 1. The minimum Gasteiger partial charge on any atom is -0.324 e. The average molecular weight is 407 g/mol. The monoisotopic (exact) mass is 406 g/mol. The zero-order valence-corrected chi connectivity index (χ0v) is 14.6. The highest BCUT2D eigenvalue weighted by atomic mass is 127. The highest BCUT2D eigenvalue weighted by molar-refractivity contribution is 14.1. The van der Waals surface area contributed by atoms with E-state index >= 15 is 0 Å². The van der Waals surface area contributed by atoms with Crippen LogP contribution < -0.4 is 10.6 Å². The normalized spacial score (nSPS) is 22.6. The molecule has 0 radical (unpaired) electrons. The first-order valence-electron chi connectivity index (χ1n) is 7.04. The van der Waals surface area contributed by atoms with Gasteiger partial charge in [-0.3, -0.25) is 4.79 Å². The van der Waals surface area contributed by atoms with Crippen molar-refractivity contribution in [2.75, 3.05) is 18.4 Å². The van der Waals surface area contributed by atoms with Crippen LogP contribution in [0, 0.1) is 8.99 Å². The molecule has 1 aromatic carbocycles. The Balaban J connectivity index is 2.15. The third kappa shape index (κ3) is 3.65. The Labute approximate surface area is 139 Å². The number of hydrogen-bond donors (Lipinski definition) is 2. The second-order valence-electron chi connectivity index (χ2n) is 5.39. The van der Waals surface area contributed by atoms with Gasteiger partial charge in [-0.25, -0.2) is 0 Å². The van der Waals surface area contributed by atoms with Crippen molar-refractivity contribution in [2.45, 2.75) is 32.6 Å². The summed E-state index contributed by atoms with van der Waals surface area (Å²) in [4.78, 5) is 12.7. The highest BCUT2D eigenvalue weighted by Gasteiger charge is 2.38. The fraction of sp³-hybridized carbons (Fsp3) is 0.533. The van der Waals surface area contributed by atoms with Crippen molar-refractivity contribution < 1.29 is 4.79 Å². The van der Waals surface area contributed by atoms with Gasteiger partial charge in [0.15, 0.2) is 0 Å². The Hall–Kier alpha value is -0.330. The lowest BCUT2D eigenvalue weighted by atomic mass is 9.76. The molecule has 1 aliphatic heterocycles. The molecular weight excluding hydrogens is 387 g/mol. The van der Waals surface area contributed by atoms with E-state index in [0.29, 0.717) is 10.7 Å². The summed E-state index contributed by atoms with van der Waals surface area (Å²) in [5.74, 6) is 0.0923. The number of nitrogens with one attached hydrogen (secondary N) is 2. The maximum absolute atomic E-state index is 12.7. The number of carbonyl (C=O) groups excluding carboxylic acids is 1. The van der Waals surface area contributed by atoms with Crippen molar-refractivity contribution >= 4 is 45.8 Å². The van der Waals surface area contributed by atoms with Gasteiger partial charge in [-0.15, -0.1) is 0 Å². The third-order valence-electron chi connectivity index (χ3n) is 3.86. The molecule has 20 heavy (non-hydrogen) atoms. The molecule has 3 nitrogen and oxygen atoms in total. The minimum atomic E-state index is -0.292. The molecular formula is C15H20ClIN2O. The third-order valence-corrected chi connectivity index (χ3v) is 4.85. The van der Waals surface area contributed by atoms with Gasteiger partial charge in [-0.05, 0) is 66.6 Å². The molecule has 1 unspecified atom stereocenters. The van der Waals surface area contributed by atoms with Gasteiger partial charge in [0.05, 0.1) is 16.1 Å². The van der Waals surface area contributed by atoms with Gasteiger partial charge in [0.2, 0.25) is 5.91 Å². The molecule has 2 N–H and O–H groups in total. The molecule has 2 rings (SSSR count). The van der Waals surface area contributed by atoms with Crippen molar-refractivity contribution in [1.29, 1.82) is 0 Å². The van der Waals surface area contributed by atoms with E-state index in [1.165, 1.54) is 0 Å². The van der Waals surface area contributed by atoms with Crippen LogP contribution in [0.2, 0.25) is 5.02 Å². The Morgan fingerprint density at radius 2 is 2.35 bits per heavy atom. The Morgan fingerprint density at radius 1 is 1.55 bits per heavy atom. The van der Waals surface area contributed by atoms with E-state index in [9.17, 15) is 4.79 Å². The standard InChI is InChI=1S/C15H20ClIN2O/c1-2-6-15(7-3-8-18-10-15)14(20)19-13-5-4-11(17)9-12(13)16/h4-5,9,18H,2-3,6-8,10H2,1H3,(H,19,20). The van der Waals surface area contributed by atoms with Gasteiger partial charge >= 0.3 is 0 Å². The van der Waals surface area contributed by atoms with Crippen LogP contribution >= 0.6 is 34.2 Å². The molecule has 0 bridgehead atoms. The highest BCUT2D eigenvalue weighted by Crippen LogP contribution is 2.34. The van der Waals surface area contributed by atoms with Gasteiger partial charge in [0.1, 0.15) is 0 Å². The second-order valence-corrected chi connectivity index (χ2v) is 7.04. The summed E-state index contributed by atoms with van der Waals surface area (Å²) in [6.45, 7) is 3.89. The van der Waals surface area contributed by atoms with Crippen molar-refractivity contribution in [2.24, 2.45) is 5.41 Å². The smallest absolute Gasteiger partial charge is 0.231 e. The van der Waals surface area contributed by atoms with E-state index in [0.717, 1.165) is 42.3 Å². The Bertz CT molecular complexity index is 481. The summed E-state index contributed by atoms with van der Waals surface area (Å²) in [5.41, 5.74) is 0.414. The van der Waals surface area contributed by atoms with Crippen LogP contribution in [0.3, 0.4) is 0 Å². The molecule has 1 saturated heterocycles. The number of halogens is 2. The van der Waals surface area contributed by atoms with Gasteiger partial charge in [0, 0.05) is 10.1 Å². The predicted molar refractivity (Wildman–Crippen MR) is 92.2 cm³/mol. The number of benzene rings is 1. The molecule has 5 heteroatoms. The molecule has 1 heterocycles. The van der Waals surface area contributed by atoms with Gasteiger partial charge in [-0.1, -0.05) is 24.9 Å². The summed E-state index contributed by atoms with van der Waals surface area (Å²) in [6, 6.07) is 5.69. The lowest BCUT2D eigenvalue weighted by Gasteiger charge is -2.36. The lowest BCUT2D eigenvalue weighted by molar-refractivity contribution is -0.127. The molecule has 1 amide bonds. The summed E-state index contributed by atoms with van der Waals surface area (Å²) in [7, 11) is 0. The molecule has 1 atom stereocenters. The number of rotatable bonds is 4. The molecule has 0 aliphatic carbocycles. The van der Waals surface area contributed by atoms with Crippen LogP contribution in [0.4, 0.5) is 5.69 Å². The van der Waals surface area contributed by atoms with E-state index < -0.39 is 0 Å². The number of carbonyl (C=O) groups is 1. The second kappa shape index (κ2) is 7.09. The van der Waals surface area contributed by atoms with Gasteiger partial charge < -0.3 is 10.6 Å². The van der Waals surface area contributed by atoms with E-state index in [2.05, 4.69) is 40.1 Å². The zero-order chi connectivity index (χ0) is 14.6. The fourth-order valence-corrected chi connectivity index (χ4v) is 3.72. The van der Waals surface area contributed by atoms with Crippen molar-refractivity contribution in [1.82, 2.24) is 5.32 Å². The van der Waals surface area contributed by atoms with Crippen LogP contribution in [-0.2, 0) is 4.79 Å². The van der Waals surface area contributed by atoms with Gasteiger partial charge in [0.25, 0.3) is 0 Å². The number of anilines is 1. The molecule has 1 fully saturated rings.